The van der Waals surface area contributed by atoms with Gasteiger partial charge in [-0.25, -0.2) is 0 Å². The van der Waals surface area contributed by atoms with Gasteiger partial charge in [-0.15, -0.1) is 0 Å². The molecule has 2 rings (SSSR count). The van der Waals surface area contributed by atoms with Crippen molar-refractivity contribution >= 4 is 5.71 Å². The van der Waals surface area contributed by atoms with Gasteiger partial charge in [0.05, 0.1) is 24.5 Å². The Hall–Kier alpha value is -2.06. The Morgan fingerprint density at radius 3 is 2.74 bits per heavy atom. The number of nitrogens with zero attached hydrogens (tertiary/aromatic N) is 3. The van der Waals surface area contributed by atoms with E-state index in [1.54, 1.807) is 13.2 Å². The second-order valence-electron chi connectivity index (χ2n) is 4.58. The van der Waals surface area contributed by atoms with Crippen LogP contribution < -0.4 is 4.74 Å². The Balaban J connectivity index is 2.08. The highest BCUT2D eigenvalue weighted by atomic mass is 16.5. The van der Waals surface area contributed by atoms with E-state index in [9.17, 15) is 0 Å². The number of hydrogen-bond donors (Lipinski definition) is 1. The number of piperidine rings is 1. The van der Waals surface area contributed by atoms with Crippen molar-refractivity contribution in [3.05, 3.63) is 29.3 Å². The number of likely N-dealkylation sites (tertiary alicyclic amines) is 1. The summed E-state index contributed by atoms with van der Waals surface area (Å²) in [7, 11) is 1.64. The van der Waals surface area contributed by atoms with Gasteiger partial charge in [0, 0.05) is 38.0 Å². The molecule has 1 saturated heterocycles. The minimum atomic E-state index is 0.644. The molecule has 5 nitrogen and oxygen atoms in total. The summed E-state index contributed by atoms with van der Waals surface area (Å²) in [5.74, 6) is 0.806. The lowest BCUT2D eigenvalue weighted by molar-refractivity contribution is 0.252. The lowest BCUT2D eigenvalue weighted by Crippen LogP contribution is -2.33. The first-order valence-electron chi connectivity index (χ1n) is 6.26. The predicted molar refractivity (Wildman–Crippen MR) is 71.4 cm³/mol. The summed E-state index contributed by atoms with van der Waals surface area (Å²) in [6.07, 6.45) is 1.58. The molecule has 1 aromatic rings. The SMILES string of the molecule is COc1ccc(C#N)cc1CN1CCC(=NO)CC1. The van der Waals surface area contributed by atoms with Crippen LogP contribution in [-0.2, 0) is 6.54 Å². The number of nitriles is 1. The number of hydrogen-bond acceptors (Lipinski definition) is 5. The van der Waals surface area contributed by atoms with E-state index in [-0.39, 0.29) is 0 Å². The molecule has 0 atom stereocenters. The van der Waals surface area contributed by atoms with Gasteiger partial charge < -0.3 is 9.94 Å². The summed E-state index contributed by atoms with van der Waals surface area (Å²) in [5.41, 5.74) is 2.52. The molecule has 0 radical (unpaired) electrons. The van der Waals surface area contributed by atoms with Crippen LogP contribution >= 0.6 is 0 Å². The largest absolute Gasteiger partial charge is 0.496 e. The lowest BCUT2D eigenvalue weighted by atomic mass is 10.1. The highest BCUT2D eigenvalue weighted by molar-refractivity contribution is 5.84. The summed E-state index contributed by atoms with van der Waals surface area (Å²) in [5, 5.41) is 21.0. The summed E-state index contributed by atoms with van der Waals surface area (Å²) in [4.78, 5) is 2.27. The van der Waals surface area contributed by atoms with Crippen LogP contribution in [0.1, 0.15) is 24.0 Å². The van der Waals surface area contributed by atoms with E-state index < -0.39 is 0 Å². The van der Waals surface area contributed by atoms with Crippen molar-refractivity contribution in [1.29, 1.82) is 5.26 Å². The molecular weight excluding hydrogens is 242 g/mol. The van der Waals surface area contributed by atoms with Crippen LogP contribution in [0.4, 0.5) is 0 Å². The summed E-state index contributed by atoms with van der Waals surface area (Å²) < 4.78 is 5.33. The van der Waals surface area contributed by atoms with E-state index >= 15 is 0 Å². The molecule has 1 heterocycles. The minimum Gasteiger partial charge on any atom is -0.496 e. The fraction of sp³-hybridized carbons (Fsp3) is 0.429. The maximum absolute atomic E-state index is 8.95. The Kier molecular flexibility index (Phi) is 4.37. The smallest absolute Gasteiger partial charge is 0.123 e. The molecule has 1 aliphatic rings. The van der Waals surface area contributed by atoms with Crippen molar-refractivity contribution in [3.8, 4) is 11.8 Å². The molecule has 1 N–H and O–H groups in total. The molecule has 0 amide bonds. The Morgan fingerprint density at radius 1 is 1.42 bits per heavy atom. The zero-order valence-corrected chi connectivity index (χ0v) is 11.0. The first-order valence-corrected chi connectivity index (χ1v) is 6.26. The summed E-state index contributed by atoms with van der Waals surface area (Å²) in [6, 6.07) is 7.61. The first kappa shape index (κ1) is 13.4. The maximum Gasteiger partial charge on any atom is 0.123 e. The standard InChI is InChI=1S/C14H17N3O2/c1-19-14-3-2-11(9-15)8-12(14)10-17-6-4-13(16-18)5-7-17/h2-3,8,18H,4-7,10H2,1H3. The third-order valence-corrected chi connectivity index (χ3v) is 3.38. The van der Waals surface area contributed by atoms with E-state index in [0.29, 0.717) is 5.56 Å². The number of benzene rings is 1. The first-order chi connectivity index (χ1) is 9.26. The maximum atomic E-state index is 8.95. The van der Waals surface area contributed by atoms with Crippen molar-refractivity contribution in [3.63, 3.8) is 0 Å². The average molecular weight is 259 g/mol. The highest BCUT2D eigenvalue weighted by Crippen LogP contribution is 2.22. The van der Waals surface area contributed by atoms with Gasteiger partial charge in [0.1, 0.15) is 5.75 Å². The number of rotatable bonds is 3. The summed E-state index contributed by atoms with van der Waals surface area (Å²) >= 11 is 0. The van der Waals surface area contributed by atoms with E-state index in [1.807, 2.05) is 12.1 Å². The van der Waals surface area contributed by atoms with Crippen molar-refractivity contribution in [1.82, 2.24) is 4.90 Å². The molecule has 0 saturated carbocycles. The number of methoxy groups -OCH3 is 1. The van der Waals surface area contributed by atoms with Crippen LogP contribution in [-0.4, -0.2) is 36.0 Å². The second kappa shape index (κ2) is 6.21. The van der Waals surface area contributed by atoms with Gasteiger partial charge in [0.2, 0.25) is 0 Å². The fourth-order valence-electron chi connectivity index (χ4n) is 2.28. The fourth-order valence-corrected chi connectivity index (χ4v) is 2.28. The molecule has 1 aliphatic heterocycles. The molecule has 1 aromatic carbocycles. The van der Waals surface area contributed by atoms with Crippen LogP contribution in [0, 0.1) is 11.3 Å². The third-order valence-electron chi connectivity index (χ3n) is 3.38. The Labute approximate surface area is 112 Å². The monoisotopic (exact) mass is 259 g/mol. The van der Waals surface area contributed by atoms with Crippen LogP contribution in [0.25, 0.3) is 0 Å². The number of oxime groups is 1. The molecular formula is C14H17N3O2. The lowest BCUT2D eigenvalue weighted by Gasteiger charge is -2.27. The van der Waals surface area contributed by atoms with E-state index in [4.69, 9.17) is 15.2 Å². The normalized spacial score (nSPS) is 15.9. The third kappa shape index (κ3) is 3.24. The molecule has 0 unspecified atom stereocenters. The molecule has 19 heavy (non-hydrogen) atoms. The molecule has 0 spiro atoms. The zero-order chi connectivity index (χ0) is 13.7. The Bertz CT molecular complexity index is 510. The predicted octanol–water partition coefficient (Wildman–Crippen LogP) is 1.99. The van der Waals surface area contributed by atoms with Crippen molar-refractivity contribution < 1.29 is 9.94 Å². The molecule has 0 bridgehead atoms. The average Bonchev–Trinajstić information content (AvgIpc) is 2.48. The van der Waals surface area contributed by atoms with E-state index in [2.05, 4.69) is 16.1 Å². The quantitative estimate of drug-likeness (QED) is 0.665. The van der Waals surface area contributed by atoms with Crippen LogP contribution in [0.2, 0.25) is 0 Å². The van der Waals surface area contributed by atoms with Gasteiger partial charge >= 0.3 is 0 Å². The summed E-state index contributed by atoms with van der Waals surface area (Å²) in [6.45, 7) is 2.47. The molecule has 0 aliphatic carbocycles. The molecule has 1 fully saturated rings. The zero-order valence-electron chi connectivity index (χ0n) is 11.0. The van der Waals surface area contributed by atoms with Crippen LogP contribution in [0.3, 0.4) is 0 Å². The van der Waals surface area contributed by atoms with Gasteiger partial charge in [0.25, 0.3) is 0 Å². The topological polar surface area (TPSA) is 68.8 Å². The van der Waals surface area contributed by atoms with Gasteiger partial charge in [-0.3, -0.25) is 4.90 Å². The van der Waals surface area contributed by atoms with Crippen LogP contribution in [0.5, 0.6) is 5.75 Å². The molecule has 0 aromatic heterocycles. The van der Waals surface area contributed by atoms with Crippen molar-refractivity contribution in [2.75, 3.05) is 20.2 Å². The van der Waals surface area contributed by atoms with Crippen LogP contribution in [0.15, 0.2) is 23.4 Å². The minimum absolute atomic E-state index is 0.644. The molecule has 100 valence electrons. The van der Waals surface area contributed by atoms with Gasteiger partial charge in [-0.2, -0.15) is 5.26 Å². The van der Waals surface area contributed by atoms with Gasteiger partial charge in [-0.05, 0) is 18.2 Å². The van der Waals surface area contributed by atoms with Crippen molar-refractivity contribution in [2.24, 2.45) is 5.16 Å². The number of ether oxygens (including phenoxy) is 1. The second-order valence-corrected chi connectivity index (χ2v) is 4.58. The highest BCUT2D eigenvalue weighted by Gasteiger charge is 2.17. The Morgan fingerprint density at radius 2 is 2.16 bits per heavy atom. The molecule has 5 heteroatoms. The van der Waals surface area contributed by atoms with E-state index in [1.165, 1.54) is 0 Å². The van der Waals surface area contributed by atoms with E-state index in [0.717, 1.165) is 49.5 Å². The van der Waals surface area contributed by atoms with Gasteiger partial charge in [0.15, 0.2) is 0 Å². The van der Waals surface area contributed by atoms with Gasteiger partial charge in [-0.1, -0.05) is 5.16 Å². The van der Waals surface area contributed by atoms with Crippen molar-refractivity contribution in [2.45, 2.75) is 19.4 Å².